The molecule has 2 aromatic rings. The summed E-state index contributed by atoms with van der Waals surface area (Å²) in [6, 6.07) is 9.39. The van der Waals surface area contributed by atoms with Gasteiger partial charge in [-0.3, -0.25) is 4.79 Å². The van der Waals surface area contributed by atoms with E-state index in [1.165, 1.54) is 30.3 Å². The molecule has 0 saturated heterocycles. The number of nitrogens with one attached hydrogen (secondary N) is 1. The van der Waals surface area contributed by atoms with E-state index >= 15 is 0 Å². The van der Waals surface area contributed by atoms with Crippen LogP contribution in [0.4, 0.5) is 13.2 Å². The first kappa shape index (κ1) is 17.3. The van der Waals surface area contributed by atoms with Crippen molar-refractivity contribution in [2.24, 2.45) is 0 Å². The zero-order valence-corrected chi connectivity index (χ0v) is 13.6. The maximum Gasteiger partial charge on any atom is 0.387 e. The van der Waals surface area contributed by atoms with E-state index in [1.54, 1.807) is 19.1 Å². The Balaban J connectivity index is 2.06. The van der Waals surface area contributed by atoms with Crippen molar-refractivity contribution in [1.29, 1.82) is 0 Å². The molecule has 0 bridgehead atoms. The van der Waals surface area contributed by atoms with Gasteiger partial charge in [0.15, 0.2) is 0 Å². The Morgan fingerprint density at radius 3 is 2.39 bits per heavy atom. The van der Waals surface area contributed by atoms with Gasteiger partial charge in [0.05, 0.1) is 11.6 Å². The lowest BCUT2D eigenvalue weighted by Gasteiger charge is -2.15. The summed E-state index contributed by atoms with van der Waals surface area (Å²) in [4.78, 5) is 12.2. The van der Waals surface area contributed by atoms with Crippen molar-refractivity contribution in [3.05, 3.63) is 63.9 Å². The SMILES string of the molecule is CC(NC(=O)c1ccc(F)cc1Br)c1ccc(OC(F)F)cc1. The number of benzene rings is 2. The fourth-order valence-corrected chi connectivity index (χ4v) is 2.50. The van der Waals surface area contributed by atoms with Crippen molar-refractivity contribution in [2.75, 3.05) is 0 Å². The third-order valence-electron chi connectivity index (χ3n) is 3.13. The van der Waals surface area contributed by atoms with E-state index in [1.807, 2.05) is 0 Å². The molecule has 0 saturated carbocycles. The second-order valence-corrected chi connectivity index (χ2v) is 5.62. The molecule has 0 aliphatic heterocycles. The molecule has 1 atom stereocenters. The quantitative estimate of drug-likeness (QED) is 0.808. The maximum atomic E-state index is 13.0. The first-order chi connectivity index (χ1) is 10.9. The minimum Gasteiger partial charge on any atom is -0.435 e. The first-order valence-corrected chi connectivity index (χ1v) is 7.47. The van der Waals surface area contributed by atoms with Gasteiger partial charge in [0.2, 0.25) is 0 Å². The molecule has 1 N–H and O–H groups in total. The summed E-state index contributed by atoms with van der Waals surface area (Å²) >= 11 is 3.14. The first-order valence-electron chi connectivity index (χ1n) is 6.67. The molecule has 0 aromatic heterocycles. The van der Waals surface area contributed by atoms with Crippen molar-refractivity contribution in [2.45, 2.75) is 19.6 Å². The molecule has 0 heterocycles. The molecule has 23 heavy (non-hydrogen) atoms. The van der Waals surface area contributed by atoms with Crippen LogP contribution in [0.3, 0.4) is 0 Å². The van der Waals surface area contributed by atoms with Crippen LogP contribution >= 0.6 is 15.9 Å². The van der Waals surface area contributed by atoms with Crippen molar-refractivity contribution in [3.63, 3.8) is 0 Å². The number of carbonyl (C=O) groups excluding carboxylic acids is 1. The van der Waals surface area contributed by atoms with Gasteiger partial charge in [-0.15, -0.1) is 0 Å². The smallest absolute Gasteiger partial charge is 0.387 e. The summed E-state index contributed by atoms with van der Waals surface area (Å²) in [6.45, 7) is -1.13. The van der Waals surface area contributed by atoms with Crippen LogP contribution in [0.2, 0.25) is 0 Å². The van der Waals surface area contributed by atoms with Crippen molar-refractivity contribution in [3.8, 4) is 5.75 Å². The van der Waals surface area contributed by atoms with Crippen LogP contribution in [-0.2, 0) is 0 Å². The Labute approximate surface area is 139 Å². The van der Waals surface area contributed by atoms with Crippen molar-refractivity contribution in [1.82, 2.24) is 5.32 Å². The normalized spacial score (nSPS) is 12.1. The van der Waals surface area contributed by atoms with E-state index in [0.717, 1.165) is 5.56 Å². The number of halogens is 4. The topological polar surface area (TPSA) is 38.3 Å². The van der Waals surface area contributed by atoms with Crippen molar-refractivity contribution < 1.29 is 22.7 Å². The van der Waals surface area contributed by atoms with E-state index in [9.17, 15) is 18.0 Å². The van der Waals surface area contributed by atoms with Crippen LogP contribution in [0.15, 0.2) is 46.9 Å². The van der Waals surface area contributed by atoms with E-state index < -0.39 is 12.4 Å². The van der Waals surface area contributed by atoms with Gasteiger partial charge in [-0.2, -0.15) is 8.78 Å². The highest BCUT2D eigenvalue weighted by Gasteiger charge is 2.15. The monoisotopic (exact) mass is 387 g/mol. The van der Waals surface area contributed by atoms with E-state index in [0.29, 0.717) is 10.0 Å². The Hall–Kier alpha value is -2.02. The lowest BCUT2D eigenvalue weighted by molar-refractivity contribution is -0.0498. The predicted octanol–water partition coefficient (Wildman–Crippen LogP) is 4.68. The molecule has 2 rings (SSSR count). The fourth-order valence-electron chi connectivity index (χ4n) is 1.97. The van der Waals surface area contributed by atoms with Crippen LogP contribution < -0.4 is 10.1 Å². The Morgan fingerprint density at radius 1 is 1.17 bits per heavy atom. The predicted molar refractivity (Wildman–Crippen MR) is 83.1 cm³/mol. The Bertz CT molecular complexity index is 692. The summed E-state index contributed by atoms with van der Waals surface area (Å²) in [5, 5.41) is 2.75. The van der Waals surface area contributed by atoms with Gasteiger partial charge in [-0.1, -0.05) is 12.1 Å². The van der Waals surface area contributed by atoms with Gasteiger partial charge in [0, 0.05) is 4.47 Å². The summed E-state index contributed by atoms with van der Waals surface area (Å²) < 4.78 is 41.8. The van der Waals surface area contributed by atoms with Crippen LogP contribution in [0.1, 0.15) is 28.9 Å². The van der Waals surface area contributed by atoms with Crippen LogP contribution in [0, 0.1) is 5.82 Å². The molecule has 1 unspecified atom stereocenters. The highest BCUT2D eigenvalue weighted by atomic mass is 79.9. The molecule has 0 aliphatic rings. The molecule has 7 heteroatoms. The van der Waals surface area contributed by atoms with Gasteiger partial charge in [0.25, 0.3) is 5.91 Å². The molecule has 122 valence electrons. The molecular weight excluding hydrogens is 375 g/mol. The molecule has 0 radical (unpaired) electrons. The molecule has 0 aliphatic carbocycles. The summed E-state index contributed by atoms with van der Waals surface area (Å²) in [7, 11) is 0. The molecule has 1 amide bonds. The standard InChI is InChI=1S/C16H13BrF3NO2/c1-9(10-2-5-12(6-3-10)23-16(19)20)21-15(22)13-7-4-11(18)8-14(13)17/h2-9,16H,1H3,(H,21,22). The lowest BCUT2D eigenvalue weighted by Crippen LogP contribution is -2.27. The minimum absolute atomic E-state index is 0.0450. The average Bonchev–Trinajstić information content (AvgIpc) is 2.47. The zero-order valence-electron chi connectivity index (χ0n) is 12.0. The van der Waals surface area contributed by atoms with Crippen LogP contribution in [0.5, 0.6) is 5.75 Å². The van der Waals surface area contributed by atoms with E-state index in [-0.39, 0.29) is 17.7 Å². The van der Waals surface area contributed by atoms with E-state index in [4.69, 9.17) is 0 Å². The highest BCUT2D eigenvalue weighted by molar-refractivity contribution is 9.10. The second-order valence-electron chi connectivity index (χ2n) is 4.77. The Morgan fingerprint density at radius 2 is 1.83 bits per heavy atom. The van der Waals surface area contributed by atoms with Gasteiger partial charge in [-0.25, -0.2) is 4.39 Å². The van der Waals surface area contributed by atoms with Gasteiger partial charge < -0.3 is 10.1 Å². The number of alkyl halides is 2. The number of hydrogen-bond acceptors (Lipinski definition) is 2. The van der Waals surface area contributed by atoms with Gasteiger partial charge in [-0.05, 0) is 58.7 Å². The molecule has 0 spiro atoms. The molecule has 3 nitrogen and oxygen atoms in total. The summed E-state index contributed by atoms with van der Waals surface area (Å²) in [5.41, 5.74) is 1.02. The number of hydrogen-bond donors (Lipinski definition) is 1. The fraction of sp³-hybridized carbons (Fsp3) is 0.188. The lowest BCUT2D eigenvalue weighted by atomic mass is 10.1. The van der Waals surface area contributed by atoms with E-state index in [2.05, 4.69) is 26.0 Å². The number of rotatable bonds is 5. The van der Waals surface area contributed by atoms with Crippen LogP contribution in [0.25, 0.3) is 0 Å². The third kappa shape index (κ3) is 4.72. The maximum absolute atomic E-state index is 13.0. The number of ether oxygens (including phenoxy) is 1. The zero-order chi connectivity index (χ0) is 17.0. The average molecular weight is 388 g/mol. The molecule has 0 fully saturated rings. The summed E-state index contributed by atoms with van der Waals surface area (Å²) in [6.07, 6.45) is 0. The largest absolute Gasteiger partial charge is 0.435 e. The molecule has 2 aromatic carbocycles. The highest BCUT2D eigenvalue weighted by Crippen LogP contribution is 2.21. The van der Waals surface area contributed by atoms with Gasteiger partial charge in [0.1, 0.15) is 11.6 Å². The molecular formula is C16H13BrF3NO2. The van der Waals surface area contributed by atoms with Crippen LogP contribution in [-0.4, -0.2) is 12.5 Å². The Kier molecular flexibility index (Phi) is 5.65. The minimum atomic E-state index is -2.88. The summed E-state index contributed by atoms with van der Waals surface area (Å²) in [5.74, 6) is -0.781. The van der Waals surface area contributed by atoms with Gasteiger partial charge >= 0.3 is 6.61 Å². The number of carbonyl (C=O) groups is 1. The van der Waals surface area contributed by atoms with Crippen molar-refractivity contribution >= 4 is 21.8 Å². The third-order valence-corrected chi connectivity index (χ3v) is 3.78. The second kappa shape index (κ2) is 7.50. The number of amides is 1.